The summed E-state index contributed by atoms with van der Waals surface area (Å²) in [5, 5.41) is 9.54. The summed E-state index contributed by atoms with van der Waals surface area (Å²) < 4.78 is 0. The maximum atomic E-state index is 11.9. The molecule has 10 nitrogen and oxygen atoms in total. The van der Waals surface area contributed by atoms with Crippen molar-refractivity contribution in [2.24, 2.45) is 0 Å². The summed E-state index contributed by atoms with van der Waals surface area (Å²) in [4.78, 5) is 62.4. The Bertz CT molecular complexity index is 671. The molecule has 3 heterocycles. The predicted molar refractivity (Wildman–Crippen MR) is 103 cm³/mol. The van der Waals surface area contributed by atoms with Crippen molar-refractivity contribution in [3.05, 3.63) is 0 Å². The van der Waals surface area contributed by atoms with Gasteiger partial charge in [0.15, 0.2) is 0 Å². The number of urea groups is 1. The maximum absolute atomic E-state index is 11.9. The molecule has 160 valence electrons. The normalized spacial score (nSPS) is 25.6. The van der Waals surface area contributed by atoms with Gasteiger partial charge in [0.2, 0.25) is 5.91 Å². The van der Waals surface area contributed by atoms with Crippen LogP contribution in [0, 0.1) is 0 Å². The Kier molecular flexibility index (Phi) is 7.34. The molecule has 3 fully saturated rings. The third-order valence-corrected chi connectivity index (χ3v) is 6.67. The van der Waals surface area contributed by atoms with Crippen LogP contribution < -0.4 is 16.0 Å². The lowest BCUT2D eigenvalue weighted by Gasteiger charge is -2.16. The first-order valence-corrected chi connectivity index (χ1v) is 11.0. The zero-order chi connectivity index (χ0) is 20.8. The number of hydrogen-bond acceptors (Lipinski definition) is 7. The highest BCUT2D eigenvalue weighted by Crippen LogP contribution is 2.33. The van der Waals surface area contributed by atoms with Gasteiger partial charge in [-0.25, -0.2) is 9.59 Å². The van der Waals surface area contributed by atoms with Gasteiger partial charge >= 0.3 is 12.0 Å². The van der Waals surface area contributed by atoms with Crippen LogP contribution in [-0.4, -0.2) is 64.4 Å². The van der Waals surface area contributed by atoms with E-state index in [0.717, 1.165) is 25.0 Å². The Morgan fingerprint density at radius 3 is 2.59 bits per heavy atom. The number of unbranched alkanes of at least 4 members (excludes halogenated alkanes) is 1. The minimum Gasteiger partial charge on any atom is -0.356 e. The van der Waals surface area contributed by atoms with Crippen LogP contribution in [-0.2, 0) is 24.0 Å². The quantitative estimate of drug-likeness (QED) is 0.258. The van der Waals surface area contributed by atoms with Crippen molar-refractivity contribution < 1.29 is 28.8 Å². The number of carbonyl (C=O) groups is 5. The molecule has 0 aliphatic carbocycles. The lowest BCUT2D eigenvalue weighted by Crippen LogP contribution is -2.36. The van der Waals surface area contributed by atoms with E-state index in [1.54, 1.807) is 0 Å². The molecule has 0 saturated carbocycles. The molecular weight excluding hydrogens is 400 g/mol. The smallest absolute Gasteiger partial charge is 0.333 e. The van der Waals surface area contributed by atoms with E-state index in [0.29, 0.717) is 29.7 Å². The molecule has 0 spiro atoms. The number of hydrogen-bond donors (Lipinski definition) is 3. The number of thioether (sulfide) groups is 1. The fourth-order valence-electron chi connectivity index (χ4n) is 3.63. The molecule has 3 saturated heterocycles. The molecule has 29 heavy (non-hydrogen) atoms. The molecule has 0 aromatic carbocycles. The van der Waals surface area contributed by atoms with Gasteiger partial charge in [-0.05, 0) is 19.3 Å². The highest BCUT2D eigenvalue weighted by atomic mass is 32.2. The second-order valence-electron chi connectivity index (χ2n) is 7.37. The van der Waals surface area contributed by atoms with Crippen LogP contribution in [0.15, 0.2) is 0 Å². The van der Waals surface area contributed by atoms with Crippen LogP contribution in [0.2, 0.25) is 0 Å². The largest absolute Gasteiger partial charge is 0.356 e. The van der Waals surface area contributed by atoms with E-state index in [-0.39, 0.29) is 43.3 Å². The van der Waals surface area contributed by atoms with Crippen molar-refractivity contribution in [1.29, 1.82) is 0 Å². The highest BCUT2D eigenvalue weighted by Gasteiger charge is 2.42. The summed E-state index contributed by atoms with van der Waals surface area (Å²) in [5.74, 6) is -0.818. The monoisotopic (exact) mass is 426 g/mol. The Labute approximate surface area is 172 Å². The van der Waals surface area contributed by atoms with Crippen molar-refractivity contribution in [1.82, 2.24) is 21.0 Å². The first-order valence-electron chi connectivity index (χ1n) is 9.96. The third kappa shape index (κ3) is 5.84. The van der Waals surface area contributed by atoms with Gasteiger partial charge in [-0.1, -0.05) is 6.42 Å². The second kappa shape index (κ2) is 9.95. The van der Waals surface area contributed by atoms with E-state index in [1.165, 1.54) is 0 Å². The lowest BCUT2D eigenvalue weighted by molar-refractivity contribution is -0.197. The summed E-state index contributed by atoms with van der Waals surface area (Å²) in [5.41, 5.74) is 0. The van der Waals surface area contributed by atoms with E-state index in [1.807, 2.05) is 11.8 Å². The van der Waals surface area contributed by atoms with Crippen LogP contribution in [0.3, 0.4) is 0 Å². The SMILES string of the molecule is O=C(CCCCC1SC[C@@H]2NC(=O)N[C@H]12)NCCCC(=O)ON1C(=O)CCC1=O. The number of hydroxylamine groups is 2. The molecule has 3 N–H and O–H groups in total. The average Bonchev–Trinajstić information content (AvgIpc) is 3.32. The van der Waals surface area contributed by atoms with E-state index >= 15 is 0 Å². The number of imide groups is 1. The zero-order valence-corrected chi connectivity index (χ0v) is 16.9. The molecule has 3 aliphatic rings. The first kappa shape index (κ1) is 21.4. The van der Waals surface area contributed by atoms with Crippen molar-refractivity contribution in [3.8, 4) is 0 Å². The van der Waals surface area contributed by atoms with Crippen LogP contribution in [0.25, 0.3) is 0 Å². The van der Waals surface area contributed by atoms with Gasteiger partial charge in [0.25, 0.3) is 11.8 Å². The Hall–Kier alpha value is -2.30. The molecule has 3 rings (SSSR count). The van der Waals surface area contributed by atoms with Crippen molar-refractivity contribution in [2.75, 3.05) is 12.3 Å². The van der Waals surface area contributed by atoms with Crippen LogP contribution in [0.1, 0.15) is 51.4 Å². The number of nitrogens with zero attached hydrogens (tertiary/aromatic N) is 1. The third-order valence-electron chi connectivity index (χ3n) is 5.16. The lowest BCUT2D eigenvalue weighted by atomic mass is 10.0. The van der Waals surface area contributed by atoms with E-state index in [2.05, 4.69) is 16.0 Å². The summed E-state index contributed by atoms with van der Waals surface area (Å²) >= 11 is 1.86. The summed E-state index contributed by atoms with van der Waals surface area (Å²) in [7, 11) is 0. The summed E-state index contributed by atoms with van der Waals surface area (Å²) in [6, 6.07) is 0.314. The molecular formula is C18H26N4O6S. The Balaban J connectivity index is 1.20. The standard InChI is InChI=1S/C18H26N4O6S/c23-13(5-2-1-4-12-17-11(10-29-12)20-18(27)21-17)19-9-3-6-16(26)28-22-14(24)7-8-15(22)25/h11-12,17H,1-10H2,(H,19,23)(H2,20,21,27)/t11-,12?,17-/m0/s1. The molecule has 0 aromatic heterocycles. The van der Waals surface area contributed by atoms with Gasteiger partial charge in [-0.3, -0.25) is 14.4 Å². The molecule has 1 unspecified atom stereocenters. The number of fused-ring (bicyclic) bond motifs is 1. The van der Waals surface area contributed by atoms with Gasteiger partial charge in [-0.2, -0.15) is 11.8 Å². The second-order valence-corrected chi connectivity index (χ2v) is 8.64. The van der Waals surface area contributed by atoms with Crippen LogP contribution >= 0.6 is 11.8 Å². The zero-order valence-electron chi connectivity index (χ0n) is 16.1. The number of nitrogens with one attached hydrogen (secondary N) is 3. The van der Waals surface area contributed by atoms with Crippen LogP contribution in [0.4, 0.5) is 4.79 Å². The molecule has 11 heteroatoms. The van der Waals surface area contributed by atoms with Gasteiger partial charge in [0, 0.05) is 43.2 Å². The maximum Gasteiger partial charge on any atom is 0.333 e. The van der Waals surface area contributed by atoms with E-state index in [9.17, 15) is 24.0 Å². The molecule has 0 radical (unpaired) electrons. The number of carbonyl (C=O) groups excluding carboxylic acids is 5. The minimum atomic E-state index is -0.663. The molecule has 0 bridgehead atoms. The summed E-state index contributed by atoms with van der Waals surface area (Å²) in [6.45, 7) is 0.329. The number of rotatable bonds is 10. The van der Waals surface area contributed by atoms with Gasteiger partial charge in [0.1, 0.15) is 0 Å². The Morgan fingerprint density at radius 2 is 1.83 bits per heavy atom. The fraction of sp³-hybridized carbons (Fsp3) is 0.722. The van der Waals surface area contributed by atoms with Gasteiger partial charge in [0.05, 0.1) is 12.1 Å². The van der Waals surface area contributed by atoms with Gasteiger partial charge < -0.3 is 20.8 Å². The Morgan fingerprint density at radius 1 is 1.07 bits per heavy atom. The highest BCUT2D eigenvalue weighted by molar-refractivity contribution is 8.00. The van der Waals surface area contributed by atoms with E-state index < -0.39 is 17.8 Å². The average molecular weight is 426 g/mol. The van der Waals surface area contributed by atoms with Crippen molar-refractivity contribution >= 4 is 41.5 Å². The topological polar surface area (TPSA) is 134 Å². The molecule has 0 aromatic rings. The first-order chi connectivity index (χ1) is 13.9. The van der Waals surface area contributed by atoms with Crippen molar-refractivity contribution in [2.45, 2.75) is 68.7 Å². The van der Waals surface area contributed by atoms with Crippen LogP contribution in [0.5, 0.6) is 0 Å². The fourth-order valence-corrected chi connectivity index (χ4v) is 5.17. The number of amides is 5. The summed E-state index contributed by atoms with van der Waals surface area (Å²) in [6.07, 6.45) is 3.56. The van der Waals surface area contributed by atoms with Crippen molar-refractivity contribution in [3.63, 3.8) is 0 Å². The van der Waals surface area contributed by atoms with E-state index in [4.69, 9.17) is 4.84 Å². The molecule has 3 aliphatic heterocycles. The molecule has 5 amide bonds. The predicted octanol–water partition coefficient (Wildman–Crippen LogP) is 0.216. The van der Waals surface area contributed by atoms with Gasteiger partial charge in [-0.15, -0.1) is 5.06 Å². The minimum absolute atomic E-state index is 0.0125. The molecule has 3 atom stereocenters.